The third kappa shape index (κ3) is 4.84. The molecule has 1 atom stereocenters. The quantitative estimate of drug-likeness (QED) is 0.859. The summed E-state index contributed by atoms with van der Waals surface area (Å²) >= 11 is 0. The maximum atomic E-state index is 10.0. The molecule has 0 aliphatic carbocycles. The van der Waals surface area contributed by atoms with Gasteiger partial charge in [0.2, 0.25) is 0 Å². The fourth-order valence-corrected chi connectivity index (χ4v) is 2.15. The SMILES string of the molecule is Cc1ccc(CC(O)CCCc2ccccc2)nc1. The predicted octanol–water partition coefficient (Wildman–Crippen LogP) is 3.32. The van der Waals surface area contributed by atoms with Crippen molar-refractivity contribution in [1.82, 2.24) is 4.98 Å². The molecule has 1 unspecified atom stereocenters. The highest BCUT2D eigenvalue weighted by Crippen LogP contribution is 2.10. The van der Waals surface area contributed by atoms with E-state index in [2.05, 4.69) is 29.2 Å². The van der Waals surface area contributed by atoms with Gasteiger partial charge in [-0.2, -0.15) is 0 Å². The van der Waals surface area contributed by atoms with Crippen LogP contribution >= 0.6 is 0 Å². The Balaban J connectivity index is 1.73. The van der Waals surface area contributed by atoms with Gasteiger partial charge in [-0.05, 0) is 43.4 Å². The zero-order chi connectivity index (χ0) is 13.5. The van der Waals surface area contributed by atoms with Crippen LogP contribution in [0.4, 0.5) is 0 Å². The number of aliphatic hydroxyl groups is 1. The van der Waals surface area contributed by atoms with Gasteiger partial charge < -0.3 is 5.11 Å². The standard InChI is InChI=1S/C17H21NO/c1-14-10-11-16(18-13-14)12-17(19)9-5-8-15-6-3-2-4-7-15/h2-4,6-7,10-11,13,17,19H,5,8-9,12H2,1H3. The van der Waals surface area contributed by atoms with Crippen LogP contribution in [0.1, 0.15) is 29.7 Å². The average Bonchev–Trinajstić information content (AvgIpc) is 2.43. The lowest BCUT2D eigenvalue weighted by atomic mass is 10.0. The van der Waals surface area contributed by atoms with Crippen LogP contribution in [0.5, 0.6) is 0 Å². The molecule has 0 fully saturated rings. The fraction of sp³-hybridized carbons (Fsp3) is 0.353. The molecule has 1 aromatic heterocycles. The molecule has 0 aliphatic heterocycles. The second-order valence-corrected chi connectivity index (χ2v) is 5.06. The number of aryl methyl sites for hydroxylation is 2. The Morgan fingerprint density at radius 1 is 1.11 bits per heavy atom. The molecule has 0 spiro atoms. The summed E-state index contributed by atoms with van der Waals surface area (Å²) < 4.78 is 0. The van der Waals surface area contributed by atoms with Crippen LogP contribution in [0.15, 0.2) is 48.7 Å². The molecule has 1 aromatic carbocycles. The molecule has 0 aliphatic rings. The van der Waals surface area contributed by atoms with Gasteiger partial charge in [0.05, 0.1) is 6.10 Å². The van der Waals surface area contributed by atoms with Gasteiger partial charge in [-0.1, -0.05) is 36.4 Å². The molecule has 100 valence electrons. The first-order chi connectivity index (χ1) is 9.24. The summed E-state index contributed by atoms with van der Waals surface area (Å²) in [7, 11) is 0. The third-order valence-corrected chi connectivity index (χ3v) is 3.26. The van der Waals surface area contributed by atoms with E-state index in [1.807, 2.05) is 31.3 Å². The minimum absolute atomic E-state index is 0.293. The lowest BCUT2D eigenvalue weighted by Crippen LogP contribution is -2.11. The molecule has 19 heavy (non-hydrogen) atoms. The largest absolute Gasteiger partial charge is 0.393 e. The Bertz CT molecular complexity index is 478. The first-order valence-electron chi connectivity index (χ1n) is 6.87. The smallest absolute Gasteiger partial charge is 0.0595 e. The summed E-state index contributed by atoms with van der Waals surface area (Å²) in [5.41, 5.74) is 3.46. The molecular formula is C17H21NO. The van der Waals surface area contributed by atoms with Gasteiger partial charge >= 0.3 is 0 Å². The lowest BCUT2D eigenvalue weighted by molar-refractivity contribution is 0.161. The highest BCUT2D eigenvalue weighted by molar-refractivity contribution is 5.15. The Kier molecular flexibility index (Phi) is 5.10. The van der Waals surface area contributed by atoms with Gasteiger partial charge in [0.1, 0.15) is 0 Å². The molecule has 0 saturated heterocycles. The van der Waals surface area contributed by atoms with Crippen LogP contribution in [0.25, 0.3) is 0 Å². The van der Waals surface area contributed by atoms with E-state index in [1.54, 1.807) is 0 Å². The van der Waals surface area contributed by atoms with Crippen molar-refractivity contribution in [2.24, 2.45) is 0 Å². The Morgan fingerprint density at radius 3 is 2.58 bits per heavy atom. The number of aromatic nitrogens is 1. The molecule has 2 heteroatoms. The molecule has 1 N–H and O–H groups in total. The number of hydrogen-bond acceptors (Lipinski definition) is 2. The van der Waals surface area contributed by atoms with Gasteiger partial charge in [-0.25, -0.2) is 0 Å². The second-order valence-electron chi connectivity index (χ2n) is 5.06. The average molecular weight is 255 g/mol. The second kappa shape index (κ2) is 7.05. The van der Waals surface area contributed by atoms with Crippen LogP contribution in [0.3, 0.4) is 0 Å². The monoisotopic (exact) mass is 255 g/mol. The maximum absolute atomic E-state index is 10.0. The number of nitrogens with zero attached hydrogens (tertiary/aromatic N) is 1. The first-order valence-corrected chi connectivity index (χ1v) is 6.87. The van der Waals surface area contributed by atoms with Crippen molar-refractivity contribution in [3.63, 3.8) is 0 Å². The van der Waals surface area contributed by atoms with Gasteiger partial charge in [-0.15, -0.1) is 0 Å². The van der Waals surface area contributed by atoms with Crippen molar-refractivity contribution < 1.29 is 5.11 Å². The van der Waals surface area contributed by atoms with Crippen molar-refractivity contribution >= 4 is 0 Å². The number of rotatable bonds is 6. The summed E-state index contributed by atoms with van der Waals surface area (Å²) in [5, 5.41) is 10.0. The van der Waals surface area contributed by atoms with E-state index in [0.29, 0.717) is 6.42 Å². The molecule has 1 heterocycles. The van der Waals surface area contributed by atoms with E-state index in [1.165, 1.54) is 5.56 Å². The van der Waals surface area contributed by atoms with Gasteiger partial charge in [0.25, 0.3) is 0 Å². The van der Waals surface area contributed by atoms with Crippen molar-refractivity contribution in [3.05, 3.63) is 65.5 Å². The van der Waals surface area contributed by atoms with E-state index in [0.717, 1.165) is 30.5 Å². The van der Waals surface area contributed by atoms with Crippen molar-refractivity contribution in [3.8, 4) is 0 Å². The molecule has 2 rings (SSSR count). The number of hydrogen-bond donors (Lipinski definition) is 1. The molecule has 2 nitrogen and oxygen atoms in total. The third-order valence-electron chi connectivity index (χ3n) is 3.26. The molecule has 2 aromatic rings. The Hall–Kier alpha value is -1.67. The highest BCUT2D eigenvalue weighted by Gasteiger charge is 2.06. The summed E-state index contributed by atoms with van der Waals surface area (Å²) in [6.07, 6.45) is 5.07. The van der Waals surface area contributed by atoms with Gasteiger partial charge in [0, 0.05) is 18.3 Å². The lowest BCUT2D eigenvalue weighted by Gasteiger charge is -2.10. The first kappa shape index (κ1) is 13.8. The van der Waals surface area contributed by atoms with Crippen LogP contribution < -0.4 is 0 Å². The van der Waals surface area contributed by atoms with Gasteiger partial charge in [0.15, 0.2) is 0 Å². The number of benzene rings is 1. The zero-order valence-corrected chi connectivity index (χ0v) is 11.4. The number of aliphatic hydroxyl groups excluding tert-OH is 1. The molecular weight excluding hydrogens is 234 g/mol. The van der Waals surface area contributed by atoms with E-state index in [9.17, 15) is 5.11 Å². The Labute approximate surface area is 115 Å². The van der Waals surface area contributed by atoms with Crippen LogP contribution in [0, 0.1) is 6.92 Å². The maximum Gasteiger partial charge on any atom is 0.0595 e. The summed E-state index contributed by atoms with van der Waals surface area (Å²) in [5.74, 6) is 0. The molecule has 0 saturated carbocycles. The van der Waals surface area contributed by atoms with Crippen LogP contribution in [0.2, 0.25) is 0 Å². The fourth-order valence-electron chi connectivity index (χ4n) is 2.15. The molecule has 0 amide bonds. The van der Waals surface area contributed by atoms with E-state index in [-0.39, 0.29) is 6.10 Å². The van der Waals surface area contributed by atoms with Gasteiger partial charge in [-0.3, -0.25) is 4.98 Å². The summed E-state index contributed by atoms with van der Waals surface area (Å²) in [6.45, 7) is 2.02. The van der Waals surface area contributed by atoms with E-state index >= 15 is 0 Å². The summed E-state index contributed by atoms with van der Waals surface area (Å²) in [6, 6.07) is 14.4. The normalized spacial score (nSPS) is 12.3. The van der Waals surface area contributed by atoms with Crippen molar-refractivity contribution in [2.45, 2.75) is 38.7 Å². The summed E-state index contributed by atoms with van der Waals surface area (Å²) in [4.78, 5) is 4.32. The van der Waals surface area contributed by atoms with Crippen LogP contribution in [-0.4, -0.2) is 16.2 Å². The topological polar surface area (TPSA) is 33.1 Å². The minimum Gasteiger partial charge on any atom is -0.393 e. The van der Waals surface area contributed by atoms with E-state index in [4.69, 9.17) is 0 Å². The highest BCUT2D eigenvalue weighted by atomic mass is 16.3. The molecule has 0 bridgehead atoms. The van der Waals surface area contributed by atoms with Crippen molar-refractivity contribution in [2.75, 3.05) is 0 Å². The van der Waals surface area contributed by atoms with Crippen LogP contribution in [-0.2, 0) is 12.8 Å². The van der Waals surface area contributed by atoms with E-state index < -0.39 is 0 Å². The zero-order valence-electron chi connectivity index (χ0n) is 11.4. The molecule has 0 radical (unpaired) electrons. The minimum atomic E-state index is -0.293. The predicted molar refractivity (Wildman–Crippen MR) is 78.1 cm³/mol. The van der Waals surface area contributed by atoms with Crippen molar-refractivity contribution in [1.29, 1.82) is 0 Å². The number of pyridine rings is 1. The Morgan fingerprint density at radius 2 is 1.89 bits per heavy atom.